The number of benzene rings is 3. The minimum absolute atomic E-state index is 0.443. The van der Waals surface area contributed by atoms with Crippen LogP contribution >= 0.6 is 0 Å². The van der Waals surface area contributed by atoms with Gasteiger partial charge in [0.1, 0.15) is 11.3 Å². The average Bonchev–Trinajstić information content (AvgIpc) is 2.46. The Morgan fingerprint density at radius 2 is 1.57 bits per heavy atom. The molecule has 0 saturated carbocycles. The number of ether oxygens (including phenoxy) is 1. The summed E-state index contributed by atoms with van der Waals surface area (Å²) in [5.41, 5.74) is 4.75. The van der Waals surface area contributed by atoms with Gasteiger partial charge in [0.25, 0.3) is 0 Å². The third-order valence-electron chi connectivity index (χ3n) is 3.45. The molecule has 0 fully saturated rings. The smallest absolute Gasteiger partial charge is 0.330 e. The molecule has 106 valence electrons. The molecule has 0 heterocycles. The van der Waals surface area contributed by atoms with Gasteiger partial charge in [0.2, 0.25) is 0 Å². The highest BCUT2D eigenvalue weighted by Gasteiger charge is 2.24. The van der Waals surface area contributed by atoms with Gasteiger partial charge in [-0.2, -0.15) is 0 Å². The van der Waals surface area contributed by atoms with Gasteiger partial charge in [0.05, 0.1) is 0 Å². The molecular weight excluding hydrogens is 262 g/mol. The van der Waals surface area contributed by atoms with Gasteiger partial charge in [-0.1, -0.05) is 42.5 Å². The molecule has 0 aliphatic carbocycles. The number of hydrogen-bond acceptors (Lipinski definition) is 3. The van der Waals surface area contributed by atoms with Crippen molar-refractivity contribution in [2.45, 2.75) is 19.4 Å². The molecular formula is C18H17NO2. The Bertz CT molecular complexity index is 831. The van der Waals surface area contributed by atoms with E-state index in [0.29, 0.717) is 5.75 Å². The largest absolute Gasteiger partial charge is 0.425 e. The van der Waals surface area contributed by atoms with Gasteiger partial charge in [-0.25, -0.2) is 4.79 Å². The van der Waals surface area contributed by atoms with Gasteiger partial charge in [0.15, 0.2) is 0 Å². The maximum absolute atomic E-state index is 11.9. The SMILES string of the molecule is CC(C)(N)C(=O)Oc1ccc2ccc3ccccc3c2c1. The van der Waals surface area contributed by atoms with Crippen LogP contribution < -0.4 is 10.5 Å². The van der Waals surface area contributed by atoms with Crippen molar-refractivity contribution in [1.29, 1.82) is 0 Å². The Kier molecular flexibility index (Phi) is 3.15. The summed E-state index contributed by atoms with van der Waals surface area (Å²) in [5, 5.41) is 4.47. The number of nitrogens with two attached hydrogens (primary N) is 1. The van der Waals surface area contributed by atoms with Gasteiger partial charge in [-0.05, 0) is 47.5 Å². The second-order valence-corrected chi connectivity index (χ2v) is 5.78. The average molecular weight is 279 g/mol. The first-order valence-electron chi connectivity index (χ1n) is 6.88. The molecule has 3 heteroatoms. The van der Waals surface area contributed by atoms with Crippen LogP contribution in [-0.2, 0) is 4.79 Å². The Morgan fingerprint density at radius 1 is 0.952 bits per heavy atom. The molecule has 0 unspecified atom stereocenters. The lowest BCUT2D eigenvalue weighted by molar-refractivity contribution is -0.139. The number of rotatable bonds is 2. The first-order valence-corrected chi connectivity index (χ1v) is 6.88. The van der Waals surface area contributed by atoms with Crippen molar-refractivity contribution in [2.75, 3.05) is 0 Å². The lowest BCUT2D eigenvalue weighted by atomic mass is 10.0. The maximum Gasteiger partial charge on any atom is 0.330 e. The molecule has 0 amide bonds. The van der Waals surface area contributed by atoms with Crippen molar-refractivity contribution in [3.63, 3.8) is 0 Å². The van der Waals surface area contributed by atoms with Crippen molar-refractivity contribution >= 4 is 27.5 Å². The van der Waals surface area contributed by atoms with E-state index in [4.69, 9.17) is 10.5 Å². The van der Waals surface area contributed by atoms with Crippen molar-refractivity contribution < 1.29 is 9.53 Å². The molecule has 0 aliphatic heterocycles. The fourth-order valence-corrected chi connectivity index (χ4v) is 2.28. The Labute approximate surface area is 123 Å². The van der Waals surface area contributed by atoms with Crippen molar-refractivity contribution in [1.82, 2.24) is 0 Å². The van der Waals surface area contributed by atoms with E-state index in [-0.39, 0.29) is 0 Å². The minimum atomic E-state index is -1.01. The molecule has 21 heavy (non-hydrogen) atoms. The van der Waals surface area contributed by atoms with Crippen molar-refractivity contribution in [3.05, 3.63) is 54.6 Å². The van der Waals surface area contributed by atoms with E-state index in [0.717, 1.165) is 21.5 Å². The lowest BCUT2D eigenvalue weighted by Gasteiger charge is -2.16. The van der Waals surface area contributed by atoms with E-state index in [1.807, 2.05) is 24.3 Å². The van der Waals surface area contributed by atoms with E-state index in [1.165, 1.54) is 0 Å². The van der Waals surface area contributed by atoms with Gasteiger partial charge < -0.3 is 10.5 Å². The topological polar surface area (TPSA) is 52.3 Å². The summed E-state index contributed by atoms with van der Waals surface area (Å²) in [7, 11) is 0. The predicted octanol–water partition coefficient (Wildman–Crippen LogP) is 3.64. The minimum Gasteiger partial charge on any atom is -0.425 e. The number of esters is 1. The summed E-state index contributed by atoms with van der Waals surface area (Å²) in [6.07, 6.45) is 0. The molecule has 0 aliphatic rings. The number of carbonyl (C=O) groups excluding carboxylic acids is 1. The number of hydrogen-bond donors (Lipinski definition) is 1. The maximum atomic E-state index is 11.9. The monoisotopic (exact) mass is 279 g/mol. The zero-order valence-electron chi connectivity index (χ0n) is 12.1. The van der Waals surface area contributed by atoms with Crippen LogP contribution in [0.4, 0.5) is 0 Å². The molecule has 3 aromatic rings. The highest BCUT2D eigenvalue weighted by atomic mass is 16.5. The molecule has 3 rings (SSSR count). The van der Waals surface area contributed by atoms with E-state index in [9.17, 15) is 4.79 Å². The molecule has 3 aromatic carbocycles. The number of fused-ring (bicyclic) bond motifs is 3. The normalized spacial score (nSPS) is 11.8. The summed E-state index contributed by atoms with van der Waals surface area (Å²) < 4.78 is 5.37. The summed E-state index contributed by atoms with van der Waals surface area (Å²) in [5.74, 6) is 0.0736. The van der Waals surface area contributed by atoms with Crippen LogP contribution in [0.1, 0.15) is 13.8 Å². The summed E-state index contributed by atoms with van der Waals surface area (Å²) in [6.45, 7) is 3.26. The Hall–Kier alpha value is -2.39. The summed E-state index contributed by atoms with van der Waals surface area (Å²) >= 11 is 0. The van der Waals surface area contributed by atoms with Gasteiger partial charge >= 0.3 is 5.97 Å². The van der Waals surface area contributed by atoms with Crippen LogP contribution in [0.5, 0.6) is 5.75 Å². The van der Waals surface area contributed by atoms with Crippen molar-refractivity contribution in [2.24, 2.45) is 5.73 Å². The van der Waals surface area contributed by atoms with Crippen LogP contribution in [0.3, 0.4) is 0 Å². The van der Waals surface area contributed by atoms with Gasteiger partial charge in [-0.3, -0.25) is 0 Å². The van der Waals surface area contributed by atoms with Gasteiger partial charge in [0, 0.05) is 0 Å². The lowest BCUT2D eigenvalue weighted by Crippen LogP contribution is -2.44. The molecule has 2 N–H and O–H groups in total. The third kappa shape index (κ3) is 2.60. The van der Waals surface area contributed by atoms with Crippen LogP contribution in [0.2, 0.25) is 0 Å². The highest BCUT2D eigenvalue weighted by molar-refractivity contribution is 6.08. The zero-order valence-corrected chi connectivity index (χ0v) is 12.1. The van der Waals surface area contributed by atoms with Crippen molar-refractivity contribution in [3.8, 4) is 5.75 Å². The summed E-state index contributed by atoms with van der Waals surface area (Å²) in [6, 6.07) is 17.9. The first-order chi connectivity index (χ1) is 9.95. The summed E-state index contributed by atoms with van der Waals surface area (Å²) in [4.78, 5) is 11.9. The van der Waals surface area contributed by atoms with E-state index in [1.54, 1.807) is 19.9 Å². The quantitative estimate of drug-likeness (QED) is 0.442. The van der Waals surface area contributed by atoms with E-state index < -0.39 is 11.5 Å². The molecule has 3 nitrogen and oxygen atoms in total. The predicted molar refractivity (Wildman–Crippen MR) is 85.4 cm³/mol. The second-order valence-electron chi connectivity index (χ2n) is 5.78. The van der Waals surface area contributed by atoms with Crippen LogP contribution in [0.25, 0.3) is 21.5 Å². The Balaban J connectivity index is 2.10. The van der Waals surface area contributed by atoms with Gasteiger partial charge in [-0.15, -0.1) is 0 Å². The molecule has 0 spiro atoms. The molecule has 0 radical (unpaired) electrons. The fourth-order valence-electron chi connectivity index (χ4n) is 2.28. The van der Waals surface area contributed by atoms with Crippen LogP contribution in [0, 0.1) is 0 Å². The Morgan fingerprint density at radius 3 is 2.29 bits per heavy atom. The molecule has 0 atom stereocenters. The van der Waals surface area contributed by atoms with E-state index in [2.05, 4.69) is 24.3 Å². The highest BCUT2D eigenvalue weighted by Crippen LogP contribution is 2.28. The first kappa shape index (κ1) is 13.6. The standard InChI is InChI=1S/C18H17NO2/c1-18(2,19)17(20)21-14-10-9-13-8-7-12-5-3-4-6-15(12)16(13)11-14/h3-11H,19H2,1-2H3. The number of carbonyl (C=O) groups is 1. The zero-order chi connectivity index (χ0) is 15.0. The third-order valence-corrected chi connectivity index (χ3v) is 3.45. The molecule has 0 aromatic heterocycles. The second kappa shape index (κ2) is 4.86. The fraction of sp³-hybridized carbons (Fsp3) is 0.167. The molecule has 0 saturated heterocycles. The molecule has 0 bridgehead atoms. The van der Waals surface area contributed by atoms with Crippen LogP contribution in [-0.4, -0.2) is 11.5 Å². The van der Waals surface area contributed by atoms with Crippen LogP contribution in [0.15, 0.2) is 54.6 Å². The van der Waals surface area contributed by atoms with E-state index >= 15 is 0 Å².